The van der Waals surface area contributed by atoms with E-state index in [4.69, 9.17) is 4.42 Å². The molecule has 0 spiro atoms. The van der Waals surface area contributed by atoms with E-state index in [2.05, 4.69) is 20.8 Å². The first-order valence-corrected chi connectivity index (χ1v) is 10.1. The lowest BCUT2D eigenvalue weighted by molar-refractivity contribution is -0.119. The number of rotatable bonds is 5. The zero-order valence-electron chi connectivity index (χ0n) is 14.6. The number of carbonyl (C=O) groups is 2. The average Bonchev–Trinajstić information content (AvgIpc) is 3.27. The second-order valence-electron chi connectivity index (χ2n) is 6.95. The van der Waals surface area contributed by atoms with Gasteiger partial charge in [0.1, 0.15) is 0 Å². The zero-order valence-corrected chi connectivity index (χ0v) is 15.4. The molecule has 2 saturated carbocycles. The van der Waals surface area contributed by atoms with Crippen LogP contribution in [-0.4, -0.2) is 33.4 Å². The number of nitrogens with zero attached hydrogens (tertiary/aromatic N) is 2. The molecule has 2 aliphatic carbocycles. The molecule has 2 N–H and O–H groups in total. The van der Waals surface area contributed by atoms with E-state index in [1.165, 1.54) is 31.0 Å². The lowest BCUT2D eigenvalue weighted by atomic mass is 9.89. The first-order chi connectivity index (χ1) is 12.1. The van der Waals surface area contributed by atoms with Crippen molar-refractivity contribution in [3.63, 3.8) is 0 Å². The molecular weight excluding hydrogens is 340 g/mol. The maximum Gasteiger partial charge on any atom is 0.321 e. The van der Waals surface area contributed by atoms with Crippen LogP contribution >= 0.6 is 11.8 Å². The van der Waals surface area contributed by atoms with Crippen LogP contribution in [0.2, 0.25) is 0 Å². The third kappa shape index (κ3) is 5.20. The second kappa shape index (κ2) is 8.69. The van der Waals surface area contributed by atoms with Crippen molar-refractivity contribution in [2.45, 2.75) is 87.1 Å². The van der Waals surface area contributed by atoms with Crippen LogP contribution in [0.15, 0.2) is 9.64 Å². The van der Waals surface area contributed by atoms with Gasteiger partial charge < -0.3 is 9.73 Å². The standard InChI is InChI=1S/C17H26N4O3S/c1-11(14(22)19-16(23)18-13-9-5-6-10-13)25-17-21-20-15(24-17)12-7-3-2-4-8-12/h11-13H,2-10H2,1H3,(H2,18,19,22,23). The van der Waals surface area contributed by atoms with Crippen LogP contribution in [0.5, 0.6) is 0 Å². The van der Waals surface area contributed by atoms with E-state index in [0.29, 0.717) is 17.0 Å². The Balaban J connectivity index is 1.46. The van der Waals surface area contributed by atoms with Gasteiger partial charge >= 0.3 is 6.03 Å². The molecule has 3 amide bonds. The molecule has 1 aromatic rings. The fourth-order valence-electron chi connectivity index (χ4n) is 3.49. The molecule has 0 aliphatic heterocycles. The summed E-state index contributed by atoms with van der Waals surface area (Å²) in [6, 6.07) is -0.234. The van der Waals surface area contributed by atoms with Crippen molar-refractivity contribution in [2.24, 2.45) is 0 Å². The monoisotopic (exact) mass is 366 g/mol. The van der Waals surface area contributed by atoms with Crippen LogP contribution in [0.1, 0.15) is 76.5 Å². The number of amides is 3. The van der Waals surface area contributed by atoms with Crippen LogP contribution in [0.3, 0.4) is 0 Å². The minimum absolute atomic E-state index is 0.185. The van der Waals surface area contributed by atoms with Crippen LogP contribution in [0, 0.1) is 0 Å². The van der Waals surface area contributed by atoms with Crippen molar-refractivity contribution in [2.75, 3.05) is 0 Å². The van der Waals surface area contributed by atoms with E-state index in [1.54, 1.807) is 6.92 Å². The predicted octanol–water partition coefficient (Wildman–Crippen LogP) is 3.37. The average molecular weight is 366 g/mol. The molecule has 2 aliphatic rings. The van der Waals surface area contributed by atoms with E-state index in [9.17, 15) is 9.59 Å². The minimum Gasteiger partial charge on any atom is -0.416 e. The van der Waals surface area contributed by atoms with Gasteiger partial charge in [-0.25, -0.2) is 4.79 Å². The summed E-state index contributed by atoms with van der Waals surface area (Å²) < 4.78 is 5.72. The van der Waals surface area contributed by atoms with Gasteiger partial charge in [0.2, 0.25) is 11.8 Å². The van der Waals surface area contributed by atoms with Crippen molar-refractivity contribution in [1.29, 1.82) is 0 Å². The summed E-state index contributed by atoms with van der Waals surface area (Å²) >= 11 is 1.19. The van der Waals surface area contributed by atoms with Crippen LogP contribution in [-0.2, 0) is 4.79 Å². The summed E-state index contributed by atoms with van der Waals surface area (Å²) in [5, 5.41) is 13.3. The first-order valence-electron chi connectivity index (χ1n) is 9.23. The number of hydrogen-bond donors (Lipinski definition) is 2. The number of aromatic nitrogens is 2. The number of carbonyl (C=O) groups excluding carboxylic acids is 2. The Kier molecular flexibility index (Phi) is 6.34. The van der Waals surface area contributed by atoms with Gasteiger partial charge in [0.25, 0.3) is 5.22 Å². The van der Waals surface area contributed by atoms with Gasteiger partial charge in [0.15, 0.2) is 0 Å². The van der Waals surface area contributed by atoms with Gasteiger partial charge in [0, 0.05) is 12.0 Å². The Hall–Kier alpha value is -1.57. The quantitative estimate of drug-likeness (QED) is 0.776. The van der Waals surface area contributed by atoms with Crippen LogP contribution in [0.25, 0.3) is 0 Å². The van der Waals surface area contributed by atoms with Gasteiger partial charge in [-0.05, 0) is 32.6 Å². The molecule has 0 bridgehead atoms. The number of thioether (sulfide) groups is 1. The molecule has 0 aromatic carbocycles. The Labute approximate surface area is 152 Å². The van der Waals surface area contributed by atoms with E-state index in [1.807, 2.05) is 0 Å². The molecule has 0 radical (unpaired) electrons. The number of nitrogens with one attached hydrogen (secondary N) is 2. The van der Waals surface area contributed by atoms with E-state index >= 15 is 0 Å². The van der Waals surface area contributed by atoms with Crippen molar-refractivity contribution >= 4 is 23.7 Å². The van der Waals surface area contributed by atoms with Crippen molar-refractivity contribution in [3.05, 3.63) is 5.89 Å². The fourth-order valence-corrected chi connectivity index (χ4v) is 4.18. The van der Waals surface area contributed by atoms with Crippen molar-refractivity contribution < 1.29 is 14.0 Å². The summed E-state index contributed by atoms with van der Waals surface area (Å²) in [4.78, 5) is 24.0. The predicted molar refractivity (Wildman–Crippen MR) is 94.4 cm³/mol. The highest BCUT2D eigenvalue weighted by molar-refractivity contribution is 8.00. The zero-order chi connectivity index (χ0) is 17.6. The normalized spacial score (nSPS) is 20.4. The molecule has 0 saturated heterocycles. The molecular formula is C17H26N4O3S. The topological polar surface area (TPSA) is 97.1 Å². The Morgan fingerprint density at radius 2 is 1.76 bits per heavy atom. The molecule has 1 atom stereocenters. The highest BCUT2D eigenvalue weighted by Crippen LogP contribution is 2.33. The van der Waals surface area contributed by atoms with Gasteiger partial charge in [-0.3, -0.25) is 10.1 Å². The SMILES string of the molecule is CC(Sc1nnc(C2CCCCC2)o1)C(=O)NC(=O)NC1CCCC1. The highest BCUT2D eigenvalue weighted by atomic mass is 32.2. The Bertz CT molecular complexity index is 594. The first kappa shape index (κ1) is 18.2. The third-order valence-electron chi connectivity index (χ3n) is 4.95. The maximum atomic E-state index is 12.2. The largest absolute Gasteiger partial charge is 0.416 e. The lowest BCUT2D eigenvalue weighted by Gasteiger charge is -2.17. The summed E-state index contributed by atoms with van der Waals surface area (Å²) in [7, 11) is 0. The van der Waals surface area contributed by atoms with Gasteiger partial charge in [-0.2, -0.15) is 0 Å². The molecule has 1 unspecified atom stereocenters. The summed E-state index contributed by atoms with van der Waals surface area (Å²) in [5.41, 5.74) is 0. The summed E-state index contributed by atoms with van der Waals surface area (Å²) in [6.07, 6.45) is 10.1. The van der Waals surface area contributed by atoms with E-state index < -0.39 is 11.3 Å². The molecule has 138 valence electrons. The minimum atomic E-state index is -0.478. The molecule has 1 heterocycles. The Morgan fingerprint density at radius 3 is 2.48 bits per heavy atom. The molecule has 7 nitrogen and oxygen atoms in total. The fraction of sp³-hybridized carbons (Fsp3) is 0.765. The second-order valence-corrected chi connectivity index (χ2v) is 8.24. The third-order valence-corrected chi connectivity index (χ3v) is 5.88. The Morgan fingerprint density at radius 1 is 1.08 bits per heavy atom. The van der Waals surface area contributed by atoms with Crippen LogP contribution in [0.4, 0.5) is 4.79 Å². The molecule has 2 fully saturated rings. The molecule has 8 heteroatoms. The number of imide groups is 1. The van der Waals surface area contributed by atoms with E-state index in [-0.39, 0.29) is 11.9 Å². The molecule has 3 rings (SSSR count). The highest BCUT2D eigenvalue weighted by Gasteiger charge is 2.25. The molecule has 25 heavy (non-hydrogen) atoms. The molecule has 1 aromatic heterocycles. The number of hydrogen-bond acceptors (Lipinski definition) is 6. The summed E-state index contributed by atoms with van der Waals surface area (Å²) in [5.74, 6) is 0.670. The van der Waals surface area contributed by atoms with Gasteiger partial charge in [-0.15, -0.1) is 10.2 Å². The van der Waals surface area contributed by atoms with Crippen LogP contribution < -0.4 is 10.6 Å². The summed E-state index contributed by atoms with van der Waals surface area (Å²) in [6.45, 7) is 1.73. The smallest absolute Gasteiger partial charge is 0.321 e. The van der Waals surface area contributed by atoms with Crippen molar-refractivity contribution in [3.8, 4) is 0 Å². The maximum absolute atomic E-state index is 12.2. The van der Waals surface area contributed by atoms with Crippen molar-refractivity contribution in [1.82, 2.24) is 20.8 Å². The lowest BCUT2D eigenvalue weighted by Crippen LogP contribution is -2.45. The van der Waals surface area contributed by atoms with Gasteiger partial charge in [0.05, 0.1) is 5.25 Å². The van der Waals surface area contributed by atoms with E-state index in [0.717, 1.165) is 38.5 Å². The number of urea groups is 1. The van der Waals surface area contributed by atoms with Gasteiger partial charge in [-0.1, -0.05) is 43.9 Å².